The molecule has 0 unspecified atom stereocenters. The molecule has 0 amide bonds. The van der Waals surface area contributed by atoms with Crippen LogP contribution in [-0.2, 0) is 11.3 Å². The normalized spacial score (nSPS) is 14.4. The maximum atomic E-state index is 12.1. The molecule has 1 aromatic heterocycles. The van der Waals surface area contributed by atoms with Crippen molar-refractivity contribution in [1.29, 1.82) is 0 Å². The van der Waals surface area contributed by atoms with E-state index in [1.54, 1.807) is 6.07 Å². The van der Waals surface area contributed by atoms with Gasteiger partial charge >= 0.3 is 5.63 Å². The minimum atomic E-state index is -0.327. The van der Waals surface area contributed by atoms with Crippen molar-refractivity contribution in [2.24, 2.45) is 0 Å². The van der Waals surface area contributed by atoms with Crippen molar-refractivity contribution >= 4 is 33.1 Å². The summed E-state index contributed by atoms with van der Waals surface area (Å²) in [6, 6.07) is 22.0. The van der Waals surface area contributed by atoms with Gasteiger partial charge in [0, 0.05) is 42.5 Å². The highest BCUT2D eigenvalue weighted by Crippen LogP contribution is 2.28. The lowest BCUT2D eigenvalue weighted by atomic mass is 10.0. The number of ether oxygens (including phenoxy) is 1. The second kappa shape index (κ2) is 7.60. The Kier molecular flexibility index (Phi) is 4.66. The van der Waals surface area contributed by atoms with Crippen molar-refractivity contribution in [1.82, 2.24) is 0 Å². The van der Waals surface area contributed by atoms with E-state index in [0.29, 0.717) is 12.1 Å². The fraction of sp³-hybridized carbons (Fsp3) is 0.208. The van der Waals surface area contributed by atoms with E-state index >= 15 is 0 Å². The molecular weight excluding hydrogens is 364 g/mol. The van der Waals surface area contributed by atoms with Gasteiger partial charge in [0.25, 0.3) is 0 Å². The molecule has 3 aromatic carbocycles. The monoisotopic (exact) mass is 386 g/mol. The summed E-state index contributed by atoms with van der Waals surface area (Å²) < 4.78 is 10.9. The Bertz CT molecular complexity index is 1230. The molecule has 29 heavy (non-hydrogen) atoms. The summed E-state index contributed by atoms with van der Waals surface area (Å²) in [7, 11) is 0. The lowest BCUT2D eigenvalue weighted by Crippen LogP contribution is -2.36. The molecule has 1 aliphatic heterocycles. The molecule has 1 aliphatic rings. The SMILES string of the molecule is O=c1cc(CNc2cccc(N3CCOCC3)c2)c2c(ccc3ccccc32)o1. The summed E-state index contributed by atoms with van der Waals surface area (Å²) in [6.45, 7) is 3.87. The van der Waals surface area contributed by atoms with Gasteiger partial charge in [-0.25, -0.2) is 4.79 Å². The van der Waals surface area contributed by atoms with Crippen molar-refractivity contribution < 1.29 is 9.15 Å². The molecule has 0 atom stereocenters. The van der Waals surface area contributed by atoms with Gasteiger partial charge in [0.15, 0.2) is 0 Å². The second-order valence-electron chi connectivity index (χ2n) is 7.25. The third-order valence-corrected chi connectivity index (χ3v) is 5.42. The number of rotatable bonds is 4. The maximum Gasteiger partial charge on any atom is 0.336 e. The van der Waals surface area contributed by atoms with E-state index in [1.807, 2.05) is 24.3 Å². The first-order valence-electron chi connectivity index (χ1n) is 9.89. The number of hydrogen-bond acceptors (Lipinski definition) is 5. The minimum absolute atomic E-state index is 0.327. The van der Waals surface area contributed by atoms with Crippen LogP contribution in [0.5, 0.6) is 0 Å². The van der Waals surface area contributed by atoms with E-state index in [4.69, 9.17) is 9.15 Å². The standard InChI is InChI=1S/C24H22N2O3/c27-23-14-18(24-21-7-2-1-4-17(21)8-9-22(24)29-23)16-25-19-5-3-6-20(15-19)26-10-12-28-13-11-26/h1-9,14-15,25H,10-13,16H2. The zero-order chi connectivity index (χ0) is 19.6. The highest BCUT2D eigenvalue weighted by molar-refractivity contribution is 6.07. The van der Waals surface area contributed by atoms with Crippen molar-refractivity contribution in [3.63, 3.8) is 0 Å². The Morgan fingerprint density at radius 1 is 0.931 bits per heavy atom. The third-order valence-electron chi connectivity index (χ3n) is 5.42. The molecule has 146 valence electrons. The Hall–Kier alpha value is -3.31. The molecule has 1 saturated heterocycles. The van der Waals surface area contributed by atoms with Gasteiger partial charge < -0.3 is 19.4 Å². The highest BCUT2D eigenvalue weighted by Gasteiger charge is 2.12. The molecule has 1 N–H and O–H groups in total. The number of nitrogens with zero attached hydrogens (tertiary/aromatic N) is 1. The zero-order valence-electron chi connectivity index (χ0n) is 16.1. The van der Waals surface area contributed by atoms with Gasteiger partial charge in [-0.05, 0) is 40.6 Å². The van der Waals surface area contributed by atoms with Gasteiger partial charge in [0.05, 0.1) is 13.2 Å². The molecule has 2 heterocycles. The molecule has 5 heteroatoms. The lowest BCUT2D eigenvalue weighted by Gasteiger charge is -2.29. The second-order valence-corrected chi connectivity index (χ2v) is 7.25. The van der Waals surface area contributed by atoms with E-state index in [-0.39, 0.29) is 5.63 Å². The molecule has 0 spiro atoms. The highest BCUT2D eigenvalue weighted by atomic mass is 16.5. The van der Waals surface area contributed by atoms with Crippen LogP contribution in [0.15, 0.2) is 75.9 Å². The van der Waals surface area contributed by atoms with Crippen LogP contribution in [0.25, 0.3) is 21.7 Å². The first-order valence-corrected chi connectivity index (χ1v) is 9.89. The van der Waals surface area contributed by atoms with Crippen LogP contribution in [0.2, 0.25) is 0 Å². The van der Waals surface area contributed by atoms with Gasteiger partial charge in [-0.15, -0.1) is 0 Å². The van der Waals surface area contributed by atoms with E-state index < -0.39 is 0 Å². The molecule has 1 fully saturated rings. The number of hydrogen-bond donors (Lipinski definition) is 1. The molecule has 0 bridgehead atoms. The summed E-state index contributed by atoms with van der Waals surface area (Å²) in [5, 5.41) is 6.69. The first-order chi connectivity index (χ1) is 14.3. The van der Waals surface area contributed by atoms with E-state index in [0.717, 1.165) is 53.7 Å². The van der Waals surface area contributed by atoms with E-state index in [9.17, 15) is 4.79 Å². The molecule has 5 rings (SSSR count). The summed E-state index contributed by atoms with van der Waals surface area (Å²) in [5.41, 5.74) is 3.43. The smallest absolute Gasteiger partial charge is 0.336 e. The lowest BCUT2D eigenvalue weighted by molar-refractivity contribution is 0.122. The van der Waals surface area contributed by atoms with Crippen molar-refractivity contribution in [3.8, 4) is 0 Å². The van der Waals surface area contributed by atoms with Gasteiger partial charge in [0.2, 0.25) is 0 Å². The minimum Gasteiger partial charge on any atom is -0.423 e. The Morgan fingerprint density at radius 2 is 1.79 bits per heavy atom. The van der Waals surface area contributed by atoms with Crippen LogP contribution >= 0.6 is 0 Å². The van der Waals surface area contributed by atoms with Gasteiger partial charge in [-0.1, -0.05) is 36.4 Å². The largest absolute Gasteiger partial charge is 0.423 e. The van der Waals surface area contributed by atoms with Crippen molar-refractivity contribution in [2.45, 2.75) is 6.54 Å². The summed E-state index contributed by atoms with van der Waals surface area (Å²) in [5.74, 6) is 0. The fourth-order valence-electron chi connectivity index (χ4n) is 3.99. The fourth-order valence-corrected chi connectivity index (χ4v) is 3.99. The molecule has 0 radical (unpaired) electrons. The van der Waals surface area contributed by atoms with Crippen LogP contribution in [0, 0.1) is 0 Å². The van der Waals surface area contributed by atoms with E-state index in [2.05, 4.69) is 46.6 Å². The van der Waals surface area contributed by atoms with Crippen LogP contribution in [0.4, 0.5) is 11.4 Å². The van der Waals surface area contributed by atoms with Crippen molar-refractivity contribution in [3.05, 3.63) is 82.7 Å². The maximum absolute atomic E-state index is 12.1. The quantitative estimate of drug-likeness (QED) is 0.416. The Balaban J connectivity index is 1.48. The van der Waals surface area contributed by atoms with Gasteiger partial charge in [-0.3, -0.25) is 0 Å². The van der Waals surface area contributed by atoms with Crippen LogP contribution in [0.3, 0.4) is 0 Å². The number of benzene rings is 3. The zero-order valence-corrected chi connectivity index (χ0v) is 16.1. The molecule has 0 saturated carbocycles. The summed E-state index contributed by atoms with van der Waals surface area (Å²) in [4.78, 5) is 14.4. The van der Waals surface area contributed by atoms with Crippen LogP contribution in [0.1, 0.15) is 5.56 Å². The molecule has 5 nitrogen and oxygen atoms in total. The average molecular weight is 386 g/mol. The Morgan fingerprint density at radius 3 is 2.69 bits per heavy atom. The predicted octanol–water partition coefficient (Wildman–Crippen LogP) is 4.39. The van der Waals surface area contributed by atoms with E-state index in [1.165, 1.54) is 5.69 Å². The van der Waals surface area contributed by atoms with Gasteiger partial charge in [-0.2, -0.15) is 0 Å². The first kappa shape index (κ1) is 17.8. The summed E-state index contributed by atoms with van der Waals surface area (Å²) in [6.07, 6.45) is 0. The van der Waals surface area contributed by atoms with Crippen LogP contribution < -0.4 is 15.8 Å². The molecular formula is C24H22N2O3. The van der Waals surface area contributed by atoms with Gasteiger partial charge in [0.1, 0.15) is 5.58 Å². The molecule has 0 aliphatic carbocycles. The predicted molar refractivity (Wildman–Crippen MR) is 117 cm³/mol. The average Bonchev–Trinajstić information content (AvgIpc) is 2.78. The number of anilines is 2. The Labute approximate surface area is 168 Å². The number of morpholine rings is 1. The van der Waals surface area contributed by atoms with Crippen molar-refractivity contribution in [2.75, 3.05) is 36.5 Å². The van der Waals surface area contributed by atoms with Crippen LogP contribution in [-0.4, -0.2) is 26.3 Å². The number of nitrogens with one attached hydrogen (secondary N) is 1. The molecule has 4 aromatic rings. The summed E-state index contributed by atoms with van der Waals surface area (Å²) >= 11 is 0. The topological polar surface area (TPSA) is 54.7 Å². The number of fused-ring (bicyclic) bond motifs is 3. The third kappa shape index (κ3) is 3.57.